The van der Waals surface area contributed by atoms with Crippen LogP contribution in [0.25, 0.3) is 11.1 Å². The molecule has 180 valence electrons. The zero-order chi connectivity index (χ0) is 22.7. The number of allylic oxidation sites excluding steroid dienone is 4. The van der Waals surface area contributed by atoms with Crippen molar-refractivity contribution in [2.45, 2.75) is 90.9 Å². The van der Waals surface area contributed by atoms with Crippen molar-refractivity contribution in [3.63, 3.8) is 0 Å². The van der Waals surface area contributed by atoms with Crippen LogP contribution >= 0.6 is 0 Å². The monoisotopic (exact) mass is 570 g/mol. The molecule has 3 aliphatic rings. The fraction of sp³-hybridized carbons (Fsp3) is 0.452. The summed E-state index contributed by atoms with van der Waals surface area (Å²) in [4.78, 5) is 0. The molecule has 0 unspecified atom stereocenters. The van der Waals surface area contributed by atoms with E-state index < -0.39 is 21.3 Å². The molecule has 0 spiro atoms. The Labute approximate surface area is 227 Å². The van der Waals surface area contributed by atoms with Crippen LogP contribution in [-0.4, -0.2) is 3.21 Å². The molecule has 2 aromatic carbocycles. The normalized spacial score (nSPS) is 16.3. The van der Waals surface area contributed by atoms with E-state index in [2.05, 4.69) is 90.1 Å². The molecule has 1 fully saturated rings. The third kappa shape index (κ3) is 5.19. The van der Waals surface area contributed by atoms with E-state index in [-0.39, 0.29) is 35.6 Å². The summed E-state index contributed by atoms with van der Waals surface area (Å²) in [7, 11) is 0. The second-order valence-corrected chi connectivity index (χ2v) is 18.6. The van der Waals surface area contributed by atoms with Crippen molar-refractivity contribution in [1.29, 1.82) is 0 Å². The van der Waals surface area contributed by atoms with Crippen LogP contribution in [0, 0.1) is 0 Å². The van der Waals surface area contributed by atoms with Crippen LogP contribution in [0.2, 0.25) is 0 Å². The summed E-state index contributed by atoms with van der Waals surface area (Å²) in [5, 5.41) is 0. The SMILES string of the molecule is CC(C)(C)c1ccc2c(c1)-c1cc(C(C)(C)C)c[c]([Zr+2]([C]3=CC=CC3)=[C]3CCCC3)c1C2.[Cl-].[Cl-]. The number of fused-ring (bicyclic) bond motifs is 3. The maximum Gasteiger partial charge on any atom is -1.00 e. The topological polar surface area (TPSA) is 0 Å². The van der Waals surface area contributed by atoms with Crippen molar-refractivity contribution in [1.82, 2.24) is 0 Å². The Kier molecular flexibility index (Phi) is 8.45. The van der Waals surface area contributed by atoms with E-state index in [9.17, 15) is 0 Å². The summed E-state index contributed by atoms with van der Waals surface area (Å²) in [6, 6.07) is 12.6. The Morgan fingerprint density at radius 1 is 0.765 bits per heavy atom. The Bertz CT molecular complexity index is 1180. The summed E-state index contributed by atoms with van der Waals surface area (Å²) in [5.74, 6) is 0. The molecule has 0 aromatic heterocycles. The standard InChI is InChI=1S/C21H25.C5H8.C5H5.2ClH.Zr/c1-20(2,3)16-9-7-14-11-15-8-10-17(21(4,5)6)13-19(15)18(14)12-16;2*1-2-4-5-3-1;;;/h7,9-10,12-13H,11H2,1-6H3;1-4H2;1-3H,4H2;2*1H;/q;;;;;+2/p-2. The van der Waals surface area contributed by atoms with Crippen LogP contribution < -0.4 is 28.1 Å². The molecule has 5 rings (SSSR count). The van der Waals surface area contributed by atoms with Crippen molar-refractivity contribution >= 4 is 6.48 Å². The van der Waals surface area contributed by atoms with Gasteiger partial charge in [-0.25, -0.2) is 0 Å². The summed E-state index contributed by atoms with van der Waals surface area (Å²) in [6.45, 7) is 14.2. The Hall–Kier alpha value is -0.747. The molecule has 0 saturated heterocycles. The minimum Gasteiger partial charge on any atom is -1.00 e. The molecular formula is C31H38Cl2Zr. The average Bonchev–Trinajstić information content (AvgIpc) is 3.48. The molecule has 0 N–H and O–H groups in total. The quantitative estimate of drug-likeness (QED) is 0.439. The predicted octanol–water partition coefficient (Wildman–Crippen LogP) is 1.69. The molecule has 3 heteroatoms. The molecule has 0 amide bonds. The van der Waals surface area contributed by atoms with Gasteiger partial charge in [0.1, 0.15) is 0 Å². The zero-order valence-corrected chi connectivity index (χ0v) is 25.6. The maximum absolute atomic E-state index is 2.68. The fourth-order valence-electron chi connectivity index (χ4n) is 5.67. The summed E-state index contributed by atoms with van der Waals surface area (Å²) in [6.07, 6.45) is 15.2. The van der Waals surface area contributed by atoms with Gasteiger partial charge in [0.2, 0.25) is 0 Å². The first kappa shape index (κ1) is 27.8. The third-order valence-corrected chi connectivity index (χ3v) is 15.5. The van der Waals surface area contributed by atoms with E-state index in [0.717, 1.165) is 6.42 Å². The van der Waals surface area contributed by atoms with Crippen LogP contribution in [-0.2, 0) is 38.5 Å². The van der Waals surface area contributed by atoms with Gasteiger partial charge in [0.05, 0.1) is 0 Å². The van der Waals surface area contributed by atoms with Gasteiger partial charge in [-0.2, -0.15) is 0 Å². The smallest absolute Gasteiger partial charge is 1.00 e. The van der Waals surface area contributed by atoms with Gasteiger partial charge < -0.3 is 24.8 Å². The van der Waals surface area contributed by atoms with Crippen molar-refractivity contribution < 1.29 is 46.1 Å². The van der Waals surface area contributed by atoms with Gasteiger partial charge in [0.15, 0.2) is 0 Å². The number of rotatable bonds is 2. The van der Waals surface area contributed by atoms with E-state index in [0.29, 0.717) is 0 Å². The van der Waals surface area contributed by atoms with Gasteiger partial charge in [-0.1, -0.05) is 0 Å². The average molecular weight is 573 g/mol. The molecular weight excluding hydrogens is 534 g/mol. The number of benzene rings is 2. The fourth-order valence-corrected chi connectivity index (χ4v) is 14.1. The second-order valence-electron chi connectivity index (χ2n) is 12.1. The first-order valence-electron chi connectivity index (χ1n) is 12.5. The Balaban J connectivity index is 0.00000162. The van der Waals surface area contributed by atoms with E-state index in [1.54, 1.807) is 14.4 Å². The number of halogens is 2. The van der Waals surface area contributed by atoms with Gasteiger partial charge in [-0.3, -0.25) is 0 Å². The first-order chi connectivity index (χ1) is 15.1. The predicted molar refractivity (Wildman–Crippen MR) is 137 cm³/mol. The van der Waals surface area contributed by atoms with E-state index >= 15 is 0 Å². The van der Waals surface area contributed by atoms with E-state index in [1.807, 2.05) is 6.49 Å². The van der Waals surface area contributed by atoms with Crippen LogP contribution in [0.1, 0.15) is 95.9 Å². The molecule has 3 aliphatic carbocycles. The molecule has 0 atom stereocenters. The van der Waals surface area contributed by atoms with Crippen molar-refractivity contribution in [2.24, 2.45) is 0 Å². The van der Waals surface area contributed by atoms with Crippen LogP contribution in [0.3, 0.4) is 0 Å². The Morgan fingerprint density at radius 3 is 2.00 bits per heavy atom. The van der Waals surface area contributed by atoms with Gasteiger partial charge in [-0.15, -0.1) is 0 Å². The van der Waals surface area contributed by atoms with Gasteiger partial charge in [0.25, 0.3) is 0 Å². The molecule has 0 radical (unpaired) electrons. The van der Waals surface area contributed by atoms with E-state index in [1.165, 1.54) is 54.4 Å². The molecule has 1 saturated carbocycles. The van der Waals surface area contributed by atoms with Crippen LogP contribution in [0.15, 0.2) is 51.8 Å². The molecule has 0 heterocycles. The minimum absolute atomic E-state index is 0. The van der Waals surface area contributed by atoms with Crippen molar-refractivity contribution in [3.8, 4) is 11.1 Å². The van der Waals surface area contributed by atoms with Gasteiger partial charge in [0, 0.05) is 0 Å². The molecule has 0 aliphatic heterocycles. The van der Waals surface area contributed by atoms with E-state index in [4.69, 9.17) is 0 Å². The van der Waals surface area contributed by atoms with Crippen molar-refractivity contribution in [3.05, 3.63) is 74.1 Å². The first-order valence-corrected chi connectivity index (χ1v) is 16.2. The third-order valence-electron chi connectivity index (χ3n) is 7.67. The van der Waals surface area contributed by atoms with Crippen LogP contribution in [0.4, 0.5) is 0 Å². The van der Waals surface area contributed by atoms with Crippen LogP contribution in [0.5, 0.6) is 0 Å². The minimum atomic E-state index is -2.05. The number of hydrogen-bond acceptors (Lipinski definition) is 0. The summed E-state index contributed by atoms with van der Waals surface area (Å²) < 4.78 is 5.58. The van der Waals surface area contributed by atoms with Gasteiger partial charge in [-0.05, 0) is 0 Å². The number of hydrogen-bond donors (Lipinski definition) is 0. The van der Waals surface area contributed by atoms with Crippen molar-refractivity contribution in [2.75, 3.05) is 0 Å². The zero-order valence-electron chi connectivity index (χ0n) is 21.6. The molecule has 2 aromatic rings. The Morgan fingerprint density at radius 2 is 1.41 bits per heavy atom. The maximum atomic E-state index is 2.68. The largest absolute Gasteiger partial charge is 1.00 e. The summed E-state index contributed by atoms with van der Waals surface area (Å²) in [5.41, 5.74) is 9.63. The molecule has 0 bridgehead atoms. The summed E-state index contributed by atoms with van der Waals surface area (Å²) >= 11 is -2.05. The molecule has 34 heavy (non-hydrogen) atoms. The second kappa shape index (κ2) is 10.3. The molecule has 0 nitrogen and oxygen atoms in total. The van der Waals surface area contributed by atoms with Gasteiger partial charge >= 0.3 is 204 Å².